The molecule has 0 saturated carbocycles. The minimum Gasteiger partial charge on any atom is -0.254 e. The molecule has 0 aromatic rings. The van der Waals surface area contributed by atoms with Crippen LogP contribution in [-0.2, 0) is 4.79 Å². The van der Waals surface area contributed by atoms with Crippen LogP contribution in [0.1, 0.15) is 0 Å². The SMILES string of the molecule is O=C(F)C(F)(F)C(F)(N(F)F)C(F)(F)F. The molecule has 0 bridgehead atoms. The first-order valence-corrected chi connectivity index (χ1v) is 2.84. The Hall–Kier alpha value is -1.00. The summed E-state index contributed by atoms with van der Waals surface area (Å²) >= 11 is 0. The summed E-state index contributed by atoms with van der Waals surface area (Å²) in [4.78, 5) is 9.35. The van der Waals surface area contributed by atoms with Crippen LogP contribution < -0.4 is 0 Å². The van der Waals surface area contributed by atoms with Gasteiger partial charge in [-0.1, -0.05) is 8.96 Å². The van der Waals surface area contributed by atoms with E-state index in [0.29, 0.717) is 0 Å². The molecule has 0 N–H and O–H groups in total. The lowest BCUT2D eigenvalue weighted by Gasteiger charge is -2.30. The van der Waals surface area contributed by atoms with E-state index in [4.69, 9.17) is 0 Å². The van der Waals surface area contributed by atoms with Gasteiger partial charge in [0.05, 0.1) is 5.34 Å². The number of halogens is 9. The molecule has 0 spiro atoms. The van der Waals surface area contributed by atoms with Gasteiger partial charge in [0.2, 0.25) is 0 Å². The lowest BCUT2D eigenvalue weighted by molar-refractivity contribution is -0.425. The Kier molecular flexibility index (Phi) is 3.30. The summed E-state index contributed by atoms with van der Waals surface area (Å²) in [5.41, 5.74) is 0. The van der Waals surface area contributed by atoms with Crippen LogP contribution in [0.4, 0.5) is 39.7 Å². The molecule has 0 aliphatic carbocycles. The summed E-state index contributed by atoms with van der Waals surface area (Å²) in [5.74, 6) is -13.3. The maximum Gasteiger partial charge on any atom is 0.448 e. The van der Waals surface area contributed by atoms with Crippen LogP contribution in [-0.4, -0.2) is 29.3 Å². The van der Waals surface area contributed by atoms with E-state index in [0.717, 1.165) is 0 Å². The van der Waals surface area contributed by atoms with Gasteiger partial charge in [-0.05, 0) is 0 Å². The molecule has 15 heavy (non-hydrogen) atoms. The molecule has 1 atom stereocenters. The first-order valence-electron chi connectivity index (χ1n) is 2.84. The van der Waals surface area contributed by atoms with Crippen molar-refractivity contribution in [2.24, 2.45) is 0 Å². The second-order valence-corrected chi connectivity index (χ2v) is 2.20. The van der Waals surface area contributed by atoms with Crippen molar-refractivity contribution in [1.82, 2.24) is 5.34 Å². The van der Waals surface area contributed by atoms with Gasteiger partial charge in [0.15, 0.2) is 0 Å². The molecular weight excluding hydrogens is 249 g/mol. The van der Waals surface area contributed by atoms with Crippen LogP contribution in [0, 0.1) is 0 Å². The van der Waals surface area contributed by atoms with Crippen LogP contribution in [0.2, 0.25) is 0 Å². The average Bonchev–Trinajstić information content (AvgIpc) is 1.99. The third kappa shape index (κ3) is 1.87. The lowest BCUT2D eigenvalue weighted by atomic mass is 10.1. The molecule has 0 saturated heterocycles. The first kappa shape index (κ1) is 14.0. The smallest absolute Gasteiger partial charge is 0.254 e. The second-order valence-electron chi connectivity index (χ2n) is 2.20. The number of alkyl halides is 6. The van der Waals surface area contributed by atoms with Gasteiger partial charge in [0.1, 0.15) is 0 Å². The lowest BCUT2D eigenvalue weighted by Crippen LogP contribution is -2.63. The fourth-order valence-corrected chi connectivity index (χ4v) is 0.510. The van der Waals surface area contributed by atoms with Crippen molar-refractivity contribution < 1.29 is 44.5 Å². The van der Waals surface area contributed by atoms with Gasteiger partial charge in [0.25, 0.3) is 0 Å². The molecule has 0 rings (SSSR count). The quantitative estimate of drug-likeness (QED) is 0.331. The highest BCUT2D eigenvalue weighted by molar-refractivity contribution is 5.78. The average molecular weight is 249 g/mol. The number of hydrogen-bond acceptors (Lipinski definition) is 2. The molecular formula is C4F9NO. The third-order valence-corrected chi connectivity index (χ3v) is 1.27. The fourth-order valence-electron chi connectivity index (χ4n) is 0.510. The van der Waals surface area contributed by atoms with Crippen molar-refractivity contribution >= 4 is 6.04 Å². The van der Waals surface area contributed by atoms with Crippen LogP contribution in [0.15, 0.2) is 0 Å². The Morgan fingerprint density at radius 3 is 1.33 bits per heavy atom. The molecule has 0 heterocycles. The molecule has 1 unspecified atom stereocenters. The highest BCUT2D eigenvalue weighted by atomic mass is 19.4. The Balaban J connectivity index is 5.62. The molecule has 0 aliphatic heterocycles. The Labute approximate surface area is 75.1 Å². The zero-order valence-corrected chi connectivity index (χ0v) is 6.26. The summed E-state index contributed by atoms with van der Waals surface area (Å²) in [6.45, 7) is 0. The van der Waals surface area contributed by atoms with E-state index in [9.17, 15) is 44.5 Å². The molecule has 0 aromatic carbocycles. The van der Waals surface area contributed by atoms with E-state index in [-0.39, 0.29) is 0 Å². The van der Waals surface area contributed by atoms with Crippen LogP contribution in [0.5, 0.6) is 0 Å². The third-order valence-electron chi connectivity index (χ3n) is 1.27. The number of nitrogens with zero attached hydrogens (tertiary/aromatic N) is 1. The Bertz CT molecular complexity index is 259. The van der Waals surface area contributed by atoms with E-state index in [1.165, 1.54) is 0 Å². The topological polar surface area (TPSA) is 20.3 Å². The van der Waals surface area contributed by atoms with Crippen LogP contribution in [0.3, 0.4) is 0 Å². The largest absolute Gasteiger partial charge is 0.448 e. The van der Waals surface area contributed by atoms with Gasteiger partial charge >= 0.3 is 23.9 Å². The van der Waals surface area contributed by atoms with Crippen molar-refractivity contribution in [1.29, 1.82) is 0 Å². The molecule has 90 valence electrons. The van der Waals surface area contributed by atoms with Crippen molar-refractivity contribution in [3.8, 4) is 0 Å². The van der Waals surface area contributed by atoms with Gasteiger partial charge in [0, 0.05) is 0 Å². The zero-order chi connectivity index (χ0) is 12.7. The highest BCUT2D eigenvalue weighted by Gasteiger charge is 2.80. The molecule has 2 nitrogen and oxygen atoms in total. The van der Waals surface area contributed by atoms with E-state index in [2.05, 4.69) is 0 Å². The van der Waals surface area contributed by atoms with Crippen LogP contribution >= 0.6 is 0 Å². The molecule has 0 aliphatic rings. The molecule has 0 amide bonds. The number of hydrogen-bond donors (Lipinski definition) is 0. The number of carbonyl (C=O) groups is 1. The molecule has 0 radical (unpaired) electrons. The minimum absolute atomic E-state index is 3.61. The zero-order valence-electron chi connectivity index (χ0n) is 6.26. The number of carbonyl (C=O) groups excluding carboxylic acids is 1. The fraction of sp³-hybridized carbons (Fsp3) is 0.750. The van der Waals surface area contributed by atoms with Gasteiger partial charge in [-0.3, -0.25) is 4.79 Å². The van der Waals surface area contributed by atoms with E-state index in [1.54, 1.807) is 0 Å². The molecule has 0 fully saturated rings. The standard InChI is InChI=1S/C4F9NO/c5-1(15)2(6,7)3(8,14(12)13)4(9,10)11. The van der Waals surface area contributed by atoms with Gasteiger partial charge in [-0.25, -0.2) is 4.39 Å². The molecule has 11 heteroatoms. The van der Waals surface area contributed by atoms with Crippen molar-refractivity contribution in [2.75, 3.05) is 0 Å². The van der Waals surface area contributed by atoms with E-state index in [1.807, 2.05) is 0 Å². The maximum atomic E-state index is 12.3. The van der Waals surface area contributed by atoms with Crippen molar-refractivity contribution in [3.63, 3.8) is 0 Å². The first-order chi connectivity index (χ1) is 6.39. The monoisotopic (exact) mass is 249 g/mol. The summed E-state index contributed by atoms with van der Waals surface area (Å²) in [7, 11) is 0. The van der Waals surface area contributed by atoms with Gasteiger partial charge in [-0.15, -0.1) is 0 Å². The predicted molar refractivity (Wildman–Crippen MR) is 25.0 cm³/mol. The van der Waals surface area contributed by atoms with Gasteiger partial charge < -0.3 is 0 Å². The highest BCUT2D eigenvalue weighted by Crippen LogP contribution is 2.48. The summed E-state index contributed by atoms with van der Waals surface area (Å²) in [6.07, 6.45) is -6.86. The van der Waals surface area contributed by atoms with Gasteiger partial charge in [-0.2, -0.15) is 26.3 Å². The summed E-state index contributed by atoms with van der Waals surface area (Å²) < 4.78 is 105. The summed E-state index contributed by atoms with van der Waals surface area (Å²) in [6, 6.07) is -4.16. The molecule has 0 aromatic heterocycles. The Morgan fingerprint density at radius 2 is 1.27 bits per heavy atom. The summed E-state index contributed by atoms with van der Waals surface area (Å²) in [5, 5.41) is -3.61. The van der Waals surface area contributed by atoms with E-state index < -0.39 is 29.3 Å². The predicted octanol–water partition coefficient (Wildman–Crippen LogP) is 2.42. The van der Waals surface area contributed by atoms with Crippen LogP contribution in [0.25, 0.3) is 0 Å². The van der Waals surface area contributed by atoms with E-state index >= 15 is 0 Å². The van der Waals surface area contributed by atoms with Crippen molar-refractivity contribution in [3.05, 3.63) is 0 Å². The normalized spacial score (nSPS) is 17.7. The number of rotatable bonds is 3. The Morgan fingerprint density at radius 1 is 0.933 bits per heavy atom. The second kappa shape index (κ2) is 3.54. The van der Waals surface area contributed by atoms with Crippen molar-refractivity contribution in [2.45, 2.75) is 17.9 Å². The maximum absolute atomic E-state index is 12.3. The minimum atomic E-state index is -6.86.